The summed E-state index contributed by atoms with van der Waals surface area (Å²) in [5, 5.41) is 14.7. The molecular formula is C18H23FN4OS2. The van der Waals surface area contributed by atoms with Gasteiger partial charge in [0.1, 0.15) is 5.82 Å². The summed E-state index contributed by atoms with van der Waals surface area (Å²) in [7, 11) is 0. The van der Waals surface area contributed by atoms with Gasteiger partial charge in [0.15, 0.2) is 4.34 Å². The maximum absolute atomic E-state index is 13.2. The number of hydrogen-bond donors (Lipinski definition) is 2. The third-order valence-electron chi connectivity index (χ3n) is 4.57. The topological polar surface area (TPSA) is 66.9 Å². The van der Waals surface area contributed by atoms with Crippen LogP contribution in [0, 0.1) is 11.7 Å². The first kappa shape index (κ1) is 19.1. The second-order valence-corrected chi connectivity index (χ2v) is 9.21. The molecule has 3 atom stereocenters. The number of nitrogens with zero attached hydrogens (tertiary/aromatic N) is 2. The molecule has 0 unspecified atom stereocenters. The molecule has 8 heteroatoms. The van der Waals surface area contributed by atoms with Crippen molar-refractivity contribution in [3.63, 3.8) is 0 Å². The van der Waals surface area contributed by atoms with Crippen LogP contribution in [0.4, 0.5) is 15.2 Å². The van der Waals surface area contributed by atoms with Gasteiger partial charge < -0.3 is 10.6 Å². The van der Waals surface area contributed by atoms with E-state index in [4.69, 9.17) is 0 Å². The normalized spacial score (nSPS) is 21.2. The quantitative estimate of drug-likeness (QED) is 0.701. The number of rotatable bonds is 6. The number of carbonyl (C=O) groups excluding carboxylic acids is 1. The number of nitrogens with one attached hydrogen (secondary N) is 2. The zero-order valence-electron chi connectivity index (χ0n) is 14.9. The number of hydrogen-bond acceptors (Lipinski definition) is 6. The van der Waals surface area contributed by atoms with Crippen LogP contribution < -0.4 is 10.6 Å². The monoisotopic (exact) mass is 394 g/mol. The highest BCUT2D eigenvalue weighted by atomic mass is 32.2. The van der Waals surface area contributed by atoms with Gasteiger partial charge >= 0.3 is 0 Å². The van der Waals surface area contributed by atoms with Crippen molar-refractivity contribution < 1.29 is 9.18 Å². The smallest absolute Gasteiger partial charge is 0.233 e. The van der Waals surface area contributed by atoms with E-state index in [1.807, 2.05) is 6.92 Å². The maximum atomic E-state index is 13.2. The summed E-state index contributed by atoms with van der Waals surface area (Å²) in [6, 6.07) is 6.46. The number of halogens is 1. The van der Waals surface area contributed by atoms with Crippen LogP contribution in [0.2, 0.25) is 0 Å². The van der Waals surface area contributed by atoms with Crippen molar-refractivity contribution in [1.29, 1.82) is 0 Å². The second-order valence-electron chi connectivity index (χ2n) is 6.65. The van der Waals surface area contributed by atoms with Gasteiger partial charge in [0.25, 0.3) is 0 Å². The van der Waals surface area contributed by atoms with Crippen molar-refractivity contribution in [2.24, 2.45) is 5.92 Å². The fourth-order valence-electron chi connectivity index (χ4n) is 3.03. The summed E-state index contributed by atoms with van der Waals surface area (Å²) in [5.41, 5.74) is 0.620. The van der Waals surface area contributed by atoms with Gasteiger partial charge in [0, 0.05) is 11.7 Å². The second kappa shape index (κ2) is 8.81. The number of thioether (sulfide) groups is 1. The van der Waals surface area contributed by atoms with E-state index in [1.54, 1.807) is 12.1 Å². The summed E-state index contributed by atoms with van der Waals surface area (Å²) < 4.78 is 13.9. The van der Waals surface area contributed by atoms with Crippen LogP contribution in [0.25, 0.3) is 0 Å². The maximum Gasteiger partial charge on any atom is 0.233 e. The molecule has 2 aromatic rings. The van der Waals surface area contributed by atoms with Crippen molar-refractivity contribution in [3.8, 4) is 0 Å². The van der Waals surface area contributed by atoms with Crippen LogP contribution in [-0.4, -0.2) is 27.4 Å². The Labute approximate surface area is 161 Å². The van der Waals surface area contributed by atoms with Crippen molar-refractivity contribution in [1.82, 2.24) is 15.5 Å². The van der Waals surface area contributed by atoms with E-state index in [0.717, 1.165) is 6.42 Å². The largest absolute Gasteiger partial charge is 0.352 e. The first-order valence-electron chi connectivity index (χ1n) is 8.84. The van der Waals surface area contributed by atoms with E-state index < -0.39 is 0 Å². The molecule has 0 radical (unpaired) electrons. The summed E-state index contributed by atoms with van der Waals surface area (Å²) >= 11 is 2.75. The van der Waals surface area contributed by atoms with Gasteiger partial charge in [-0.05, 0) is 43.9 Å². The van der Waals surface area contributed by atoms with E-state index in [9.17, 15) is 9.18 Å². The lowest BCUT2D eigenvalue weighted by atomic mass is 9.86. The number of amides is 1. The minimum atomic E-state index is -0.309. The Hall–Kier alpha value is -1.67. The fourth-order valence-corrected chi connectivity index (χ4v) is 4.96. The molecule has 1 fully saturated rings. The summed E-state index contributed by atoms with van der Waals surface area (Å²) in [4.78, 5) is 12.5. The van der Waals surface area contributed by atoms with E-state index >= 15 is 0 Å². The van der Waals surface area contributed by atoms with Crippen LogP contribution in [0.15, 0.2) is 28.6 Å². The third kappa shape index (κ3) is 5.17. The molecular weight excluding hydrogens is 371 g/mol. The number of aromatic nitrogens is 2. The SMILES string of the molecule is C[C@@H]1CCCC[C@@H]1NC(=O)[C@@H](C)Sc1nnc(Nc2cccc(F)c2)s1. The van der Waals surface area contributed by atoms with Gasteiger partial charge in [-0.1, -0.05) is 48.9 Å². The van der Waals surface area contributed by atoms with E-state index in [0.29, 0.717) is 21.1 Å². The van der Waals surface area contributed by atoms with E-state index in [2.05, 4.69) is 27.8 Å². The van der Waals surface area contributed by atoms with Crippen LogP contribution in [0.1, 0.15) is 39.5 Å². The molecule has 1 aliphatic carbocycles. The summed E-state index contributed by atoms with van der Waals surface area (Å²) in [6.45, 7) is 4.09. The van der Waals surface area contributed by atoms with Gasteiger partial charge in [-0.15, -0.1) is 10.2 Å². The lowest BCUT2D eigenvalue weighted by Gasteiger charge is -2.30. The van der Waals surface area contributed by atoms with Gasteiger partial charge in [0.05, 0.1) is 5.25 Å². The van der Waals surface area contributed by atoms with Gasteiger partial charge in [0.2, 0.25) is 11.0 Å². The predicted molar refractivity (Wildman–Crippen MR) is 104 cm³/mol. The Morgan fingerprint density at radius 3 is 2.92 bits per heavy atom. The molecule has 3 rings (SSSR count). The molecule has 1 amide bonds. The van der Waals surface area contributed by atoms with Crippen LogP contribution >= 0.6 is 23.1 Å². The zero-order chi connectivity index (χ0) is 18.5. The fraction of sp³-hybridized carbons (Fsp3) is 0.500. The van der Waals surface area contributed by atoms with Crippen molar-refractivity contribution >= 4 is 39.8 Å². The Kier molecular flexibility index (Phi) is 6.48. The molecule has 1 aliphatic rings. The molecule has 1 aromatic heterocycles. The van der Waals surface area contributed by atoms with Crippen molar-refractivity contribution in [3.05, 3.63) is 30.1 Å². The number of carbonyl (C=O) groups is 1. The summed E-state index contributed by atoms with van der Waals surface area (Å²) in [6.07, 6.45) is 4.68. The molecule has 0 saturated heterocycles. The highest BCUT2D eigenvalue weighted by Gasteiger charge is 2.25. The van der Waals surface area contributed by atoms with Crippen molar-refractivity contribution in [2.45, 2.75) is 55.2 Å². The number of anilines is 2. The Balaban J connectivity index is 1.53. The lowest BCUT2D eigenvalue weighted by molar-refractivity contribution is -0.121. The minimum absolute atomic E-state index is 0.0450. The lowest BCUT2D eigenvalue weighted by Crippen LogP contribution is -2.44. The highest BCUT2D eigenvalue weighted by Crippen LogP contribution is 2.31. The van der Waals surface area contributed by atoms with E-state index in [-0.39, 0.29) is 23.0 Å². The van der Waals surface area contributed by atoms with Gasteiger partial charge in [-0.3, -0.25) is 4.79 Å². The molecule has 5 nitrogen and oxygen atoms in total. The first-order valence-corrected chi connectivity index (χ1v) is 10.5. The Morgan fingerprint density at radius 2 is 2.15 bits per heavy atom. The molecule has 0 aliphatic heterocycles. The van der Waals surface area contributed by atoms with E-state index in [1.165, 1.54) is 54.5 Å². The first-order chi connectivity index (χ1) is 12.5. The standard InChI is InChI=1S/C18H23FN4OS2/c1-11-6-3-4-9-15(11)21-16(24)12(2)25-18-23-22-17(26-18)20-14-8-5-7-13(19)10-14/h5,7-8,10-12,15H,3-4,6,9H2,1-2H3,(H,20,22)(H,21,24)/t11-,12-,15+/m1/s1. The van der Waals surface area contributed by atoms with Gasteiger partial charge in [-0.25, -0.2) is 4.39 Å². The molecule has 26 heavy (non-hydrogen) atoms. The highest BCUT2D eigenvalue weighted by molar-refractivity contribution is 8.02. The van der Waals surface area contributed by atoms with Crippen molar-refractivity contribution in [2.75, 3.05) is 5.32 Å². The molecule has 0 bridgehead atoms. The molecule has 0 spiro atoms. The molecule has 1 saturated carbocycles. The van der Waals surface area contributed by atoms with Gasteiger partial charge in [-0.2, -0.15) is 0 Å². The van der Waals surface area contributed by atoms with Crippen LogP contribution in [0.5, 0.6) is 0 Å². The number of benzene rings is 1. The summed E-state index contributed by atoms with van der Waals surface area (Å²) in [5.74, 6) is 0.272. The Bertz CT molecular complexity index is 754. The molecule has 2 N–H and O–H groups in total. The van der Waals surface area contributed by atoms with Crippen LogP contribution in [-0.2, 0) is 4.79 Å². The molecule has 140 valence electrons. The molecule has 1 aromatic carbocycles. The Morgan fingerprint density at radius 1 is 1.35 bits per heavy atom. The molecule has 1 heterocycles. The average molecular weight is 395 g/mol. The zero-order valence-corrected chi connectivity index (χ0v) is 16.5. The predicted octanol–water partition coefficient (Wildman–Crippen LogP) is 4.60. The average Bonchev–Trinajstić information content (AvgIpc) is 3.03. The van der Waals surface area contributed by atoms with Crippen LogP contribution in [0.3, 0.4) is 0 Å². The minimum Gasteiger partial charge on any atom is -0.352 e. The third-order valence-corrected chi connectivity index (χ3v) is 6.59.